The van der Waals surface area contributed by atoms with Crippen molar-refractivity contribution in [2.75, 3.05) is 12.8 Å². The summed E-state index contributed by atoms with van der Waals surface area (Å²) in [6.07, 6.45) is -0.487. The molecule has 0 aromatic heterocycles. The molecule has 0 N–H and O–H groups in total. The van der Waals surface area contributed by atoms with Gasteiger partial charge < -0.3 is 9.64 Å². The predicted octanol–water partition coefficient (Wildman–Crippen LogP) is 5.35. The number of carbonyl (C=O) groups is 2. The molecule has 0 bridgehead atoms. The van der Waals surface area contributed by atoms with Crippen molar-refractivity contribution in [1.82, 2.24) is 9.80 Å². The summed E-state index contributed by atoms with van der Waals surface area (Å²) in [5, 5.41) is 0.317. The molecule has 7 heteroatoms. The average Bonchev–Trinajstić information content (AvgIpc) is 3.12. The zero-order valence-corrected chi connectivity index (χ0v) is 19.2. The standard InChI is InChI=1S/C23H27ClN2O3S/c1-23(2,3)29-22(28)26-19(15-30-21(26)17-10-12-18(24)13-11-17)20(27)25(4)14-16-8-6-5-7-9-16/h5-13,19,21H,14-15H2,1-4H3/t19-,21-/m0/s1. The highest BCUT2D eigenvalue weighted by molar-refractivity contribution is 7.99. The topological polar surface area (TPSA) is 49.9 Å². The van der Waals surface area contributed by atoms with Crippen molar-refractivity contribution in [1.29, 1.82) is 0 Å². The molecule has 1 aliphatic heterocycles. The van der Waals surface area contributed by atoms with Crippen molar-refractivity contribution >= 4 is 35.4 Å². The molecule has 2 amide bonds. The number of halogens is 1. The normalized spacial score (nSPS) is 18.9. The third-order valence-electron chi connectivity index (χ3n) is 4.68. The number of hydrogen-bond acceptors (Lipinski definition) is 4. The molecule has 3 rings (SSSR count). The van der Waals surface area contributed by atoms with Crippen molar-refractivity contribution in [3.63, 3.8) is 0 Å². The van der Waals surface area contributed by atoms with Crippen LogP contribution in [0.15, 0.2) is 54.6 Å². The first-order valence-electron chi connectivity index (χ1n) is 9.83. The zero-order chi connectivity index (χ0) is 21.9. The van der Waals surface area contributed by atoms with Gasteiger partial charge in [-0.2, -0.15) is 0 Å². The van der Waals surface area contributed by atoms with E-state index < -0.39 is 17.7 Å². The lowest BCUT2D eigenvalue weighted by molar-refractivity contribution is -0.135. The molecule has 2 atom stereocenters. The SMILES string of the molecule is CN(Cc1ccccc1)C(=O)[C@@H]1CS[C@@H](c2ccc(Cl)cc2)N1C(=O)OC(C)(C)C. The Morgan fingerprint density at radius 1 is 1.13 bits per heavy atom. The van der Waals surface area contributed by atoms with E-state index >= 15 is 0 Å². The van der Waals surface area contributed by atoms with Crippen LogP contribution in [0, 0.1) is 0 Å². The minimum atomic E-state index is -0.654. The largest absolute Gasteiger partial charge is 0.444 e. The highest BCUT2D eigenvalue weighted by Crippen LogP contribution is 2.43. The van der Waals surface area contributed by atoms with E-state index in [1.165, 1.54) is 0 Å². The maximum atomic E-state index is 13.3. The Bertz CT molecular complexity index is 884. The maximum Gasteiger partial charge on any atom is 0.412 e. The molecule has 0 unspecified atom stereocenters. The van der Waals surface area contributed by atoms with Gasteiger partial charge in [0, 0.05) is 24.4 Å². The Hall–Kier alpha value is -2.18. The van der Waals surface area contributed by atoms with Crippen LogP contribution >= 0.6 is 23.4 Å². The number of benzene rings is 2. The molecule has 0 saturated carbocycles. The van der Waals surface area contributed by atoms with Crippen LogP contribution in [0.5, 0.6) is 0 Å². The number of amides is 2. The van der Waals surface area contributed by atoms with Crippen LogP contribution < -0.4 is 0 Å². The first-order valence-corrected chi connectivity index (χ1v) is 11.3. The number of thioether (sulfide) groups is 1. The molecular formula is C23H27ClN2O3S. The van der Waals surface area contributed by atoms with Crippen LogP contribution in [-0.2, 0) is 16.1 Å². The van der Waals surface area contributed by atoms with E-state index in [9.17, 15) is 9.59 Å². The molecule has 2 aromatic rings. The van der Waals surface area contributed by atoms with E-state index in [4.69, 9.17) is 16.3 Å². The Balaban J connectivity index is 1.84. The van der Waals surface area contributed by atoms with Crippen LogP contribution in [0.4, 0.5) is 4.79 Å². The van der Waals surface area contributed by atoms with Gasteiger partial charge in [-0.15, -0.1) is 11.8 Å². The number of rotatable bonds is 4. The highest BCUT2D eigenvalue weighted by atomic mass is 35.5. The highest BCUT2D eigenvalue weighted by Gasteiger charge is 2.45. The van der Waals surface area contributed by atoms with Crippen molar-refractivity contribution < 1.29 is 14.3 Å². The van der Waals surface area contributed by atoms with Gasteiger partial charge in [-0.05, 0) is 44.0 Å². The Morgan fingerprint density at radius 2 is 1.77 bits per heavy atom. The van der Waals surface area contributed by atoms with E-state index in [0.717, 1.165) is 11.1 Å². The van der Waals surface area contributed by atoms with Gasteiger partial charge in [-0.3, -0.25) is 9.69 Å². The van der Waals surface area contributed by atoms with Crippen molar-refractivity contribution in [2.45, 2.75) is 44.3 Å². The third kappa shape index (κ3) is 5.49. The second kappa shape index (κ2) is 9.31. The van der Waals surface area contributed by atoms with Gasteiger partial charge in [0.05, 0.1) is 0 Å². The molecule has 1 heterocycles. The first-order chi connectivity index (χ1) is 14.2. The summed E-state index contributed by atoms with van der Waals surface area (Å²) in [5.41, 5.74) is 1.30. The van der Waals surface area contributed by atoms with Crippen LogP contribution in [0.1, 0.15) is 37.3 Å². The summed E-state index contributed by atoms with van der Waals surface area (Å²) in [6, 6.07) is 16.6. The number of nitrogens with zero attached hydrogens (tertiary/aromatic N) is 2. The average molecular weight is 447 g/mol. The molecule has 160 valence electrons. The van der Waals surface area contributed by atoms with Gasteiger partial charge in [0.25, 0.3) is 0 Å². The lowest BCUT2D eigenvalue weighted by atomic mass is 10.1. The van der Waals surface area contributed by atoms with Gasteiger partial charge in [-0.1, -0.05) is 54.1 Å². The van der Waals surface area contributed by atoms with Gasteiger partial charge in [0.2, 0.25) is 5.91 Å². The van der Waals surface area contributed by atoms with Gasteiger partial charge in [0.15, 0.2) is 0 Å². The van der Waals surface area contributed by atoms with E-state index in [2.05, 4.69) is 0 Å². The summed E-state index contributed by atoms with van der Waals surface area (Å²) >= 11 is 7.59. The summed E-state index contributed by atoms with van der Waals surface area (Å²) in [6.45, 7) is 5.95. The monoisotopic (exact) mass is 446 g/mol. The minimum Gasteiger partial charge on any atom is -0.444 e. The van der Waals surface area contributed by atoms with Crippen molar-refractivity contribution in [3.05, 3.63) is 70.7 Å². The van der Waals surface area contributed by atoms with Crippen molar-refractivity contribution in [3.8, 4) is 0 Å². The Labute approximate surface area is 187 Å². The lowest BCUT2D eigenvalue weighted by Crippen LogP contribution is -2.49. The van der Waals surface area contributed by atoms with Gasteiger partial charge in [-0.25, -0.2) is 4.79 Å². The van der Waals surface area contributed by atoms with Gasteiger partial charge in [0.1, 0.15) is 17.0 Å². The zero-order valence-electron chi connectivity index (χ0n) is 17.7. The summed E-state index contributed by atoms with van der Waals surface area (Å²) in [7, 11) is 1.77. The smallest absolute Gasteiger partial charge is 0.412 e. The summed E-state index contributed by atoms with van der Waals surface area (Å²) < 4.78 is 5.65. The molecule has 30 heavy (non-hydrogen) atoms. The Kier molecular flexibility index (Phi) is 6.98. The van der Waals surface area contributed by atoms with E-state index in [-0.39, 0.29) is 11.3 Å². The van der Waals surface area contributed by atoms with E-state index in [1.54, 1.807) is 40.7 Å². The number of hydrogen-bond donors (Lipinski definition) is 0. The lowest BCUT2D eigenvalue weighted by Gasteiger charge is -2.33. The Morgan fingerprint density at radius 3 is 2.37 bits per heavy atom. The molecule has 1 fully saturated rings. The van der Waals surface area contributed by atoms with Gasteiger partial charge >= 0.3 is 6.09 Å². The molecule has 1 saturated heterocycles. The molecule has 1 aliphatic rings. The maximum absolute atomic E-state index is 13.3. The predicted molar refractivity (Wildman–Crippen MR) is 121 cm³/mol. The molecular weight excluding hydrogens is 420 g/mol. The number of carbonyl (C=O) groups excluding carboxylic acids is 2. The third-order valence-corrected chi connectivity index (χ3v) is 6.26. The fraction of sp³-hybridized carbons (Fsp3) is 0.391. The number of likely N-dealkylation sites (N-methyl/N-ethyl adjacent to an activating group) is 1. The fourth-order valence-electron chi connectivity index (χ4n) is 3.31. The second-order valence-corrected chi connectivity index (χ2v) is 9.87. The minimum absolute atomic E-state index is 0.103. The fourth-order valence-corrected chi connectivity index (χ4v) is 4.84. The number of ether oxygens (including phenoxy) is 1. The van der Waals surface area contributed by atoms with Crippen LogP contribution in [0.2, 0.25) is 5.02 Å². The molecule has 0 radical (unpaired) electrons. The van der Waals surface area contributed by atoms with Crippen LogP contribution in [0.3, 0.4) is 0 Å². The second-order valence-electron chi connectivity index (χ2n) is 8.32. The first kappa shape index (κ1) is 22.5. The summed E-state index contributed by atoms with van der Waals surface area (Å²) in [5.74, 6) is 0.401. The molecule has 5 nitrogen and oxygen atoms in total. The van der Waals surface area contributed by atoms with E-state index in [1.807, 2.05) is 63.2 Å². The molecule has 2 aromatic carbocycles. The molecule has 0 spiro atoms. The summed E-state index contributed by atoms with van der Waals surface area (Å²) in [4.78, 5) is 29.6. The van der Waals surface area contributed by atoms with Crippen LogP contribution in [-0.4, -0.2) is 46.2 Å². The van der Waals surface area contributed by atoms with Crippen molar-refractivity contribution in [2.24, 2.45) is 0 Å². The molecule has 0 aliphatic carbocycles. The van der Waals surface area contributed by atoms with Crippen LogP contribution in [0.25, 0.3) is 0 Å². The van der Waals surface area contributed by atoms with E-state index in [0.29, 0.717) is 17.3 Å². The quantitative estimate of drug-likeness (QED) is 0.635.